The summed E-state index contributed by atoms with van der Waals surface area (Å²) in [5.41, 5.74) is 1.83. The third-order valence-electron chi connectivity index (χ3n) is 3.80. The molecule has 1 aliphatic heterocycles. The molecule has 21 heavy (non-hydrogen) atoms. The summed E-state index contributed by atoms with van der Waals surface area (Å²) in [4.78, 5) is 26.1. The summed E-state index contributed by atoms with van der Waals surface area (Å²) in [7, 11) is 0. The van der Waals surface area contributed by atoms with E-state index in [4.69, 9.17) is 4.74 Å². The van der Waals surface area contributed by atoms with E-state index in [1.54, 1.807) is 6.20 Å². The van der Waals surface area contributed by atoms with Crippen molar-refractivity contribution in [2.24, 2.45) is 0 Å². The lowest BCUT2D eigenvalue weighted by molar-refractivity contribution is -0.135. The summed E-state index contributed by atoms with van der Waals surface area (Å²) in [5, 5.41) is 0.660. The molecule has 0 saturated carbocycles. The number of ether oxygens (including phenoxy) is 1. The molecule has 0 bridgehead atoms. The van der Waals surface area contributed by atoms with Gasteiger partial charge in [0, 0.05) is 30.7 Å². The van der Waals surface area contributed by atoms with Gasteiger partial charge in [0.25, 0.3) is 0 Å². The fourth-order valence-electron chi connectivity index (χ4n) is 2.62. The molecule has 110 valence electrons. The number of aromatic nitrogens is 1. The van der Waals surface area contributed by atoms with Gasteiger partial charge < -0.3 is 14.2 Å². The molecule has 1 amide bonds. The third-order valence-corrected chi connectivity index (χ3v) is 3.80. The van der Waals surface area contributed by atoms with Crippen LogP contribution in [0.25, 0.3) is 10.9 Å². The molecule has 2 heterocycles. The Kier molecular flexibility index (Phi) is 3.75. The van der Waals surface area contributed by atoms with E-state index in [0.717, 1.165) is 11.1 Å². The first-order chi connectivity index (χ1) is 10.1. The normalized spacial score (nSPS) is 15.4. The summed E-state index contributed by atoms with van der Waals surface area (Å²) in [6.45, 7) is 4.66. The predicted molar refractivity (Wildman–Crippen MR) is 80.3 cm³/mol. The van der Waals surface area contributed by atoms with E-state index in [1.807, 2.05) is 34.6 Å². The highest BCUT2D eigenvalue weighted by atomic mass is 16.5. The molecule has 0 aliphatic carbocycles. The van der Waals surface area contributed by atoms with Crippen molar-refractivity contribution < 1.29 is 9.53 Å². The molecule has 3 rings (SSSR count). The van der Waals surface area contributed by atoms with E-state index in [-0.39, 0.29) is 17.9 Å². The standard InChI is InChI=1S/C16H18N2O3/c1-12-2-3-14-13(10-12)15(19)4-5-18(14)11-16(20)17-6-8-21-9-7-17/h2-5,10H,6-9,11H2,1H3. The first kappa shape index (κ1) is 13.8. The van der Waals surface area contributed by atoms with Gasteiger partial charge in [-0.2, -0.15) is 0 Å². The highest BCUT2D eigenvalue weighted by molar-refractivity contribution is 5.82. The minimum absolute atomic E-state index is 0.0104. The van der Waals surface area contributed by atoms with Gasteiger partial charge >= 0.3 is 0 Å². The van der Waals surface area contributed by atoms with Crippen LogP contribution in [-0.2, 0) is 16.1 Å². The van der Waals surface area contributed by atoms with Crippen LogP contribution in [0.3, 0.4) is 0 Å². The van der Waals surface area contributed by atoms with Crippen LogP contribution in [0.4, 0.5) is 0 Å². The number of pyridine rings is 1. The van der Waals surface area contributed by atoms with Gasteiger partial charge in [-0.25, -0.2) is 0 Å². The number of aryl methyl sites for hydroxylation is 1. The van der Waals surface area contributed by atoms with Gasteiger partial charge in [0.05, 0.1) is 18.7 Å². The molecule has 0 radical (unpaired) electrons. The summed E-state index contributed by atoms with van der Waals surface area (Å²) in [5.74, 6) is 0.0591. The highest BCUT2D eigenvalue weighted by Gasteiger charge is 2.17. The maximum atomic E-state index is 12.3. The Labute approximate surface area is 122 Å². The molecule has 0 N–H and O–H groups in total. The maximum Gasteiger partial charge on any atom is 0.242 e. The number of amides is 1. The zero-order chi connectivity index (χ0) is 14.8. The molecule has 1 saturated heterocycles. The molecule has 1 fully saturated rings. The van der Waals surface area contributed by atoms with Crippen molar-refractivity contribution in [1.82, 2.24) is 9.47 Å². The van der Waals surface area contributed by atoms with Crippen LogP contribution >= 0.6 is 0 Å². The predicted octanol–water partition coefficient (Wildman–Crippen LogP) is 1.17. The second-order valence-corrected chi connectivity index (χ2v) is 5.32. The molecule has 5 heteroatoms. The summed E-state index contributed by atoms with van der Waals surface area (Å²) in [6, 6.07) is 7.25. The quantitative estimate of drug-likeness (QED) is 0.832. The Morgan fingerprint density at radius 1 is 1.24 bits per heavy atom. The van der Waals surface area contributed by atoms with Gasteiger partial charge in [-0.1, -0.05) is 11.6 Å². The van der Waals surface area contributed by atoms with Crippen LogP contribution in [-0.4, -0.2) is 41.7 Å². The Morgan fingerprint density at radius 3 is 2.76 bits per heavy atom. The monoisotopic (exact) mass is 286 g/mol. The molecule has 0 spiro atoms. The van der Waals surface area contributed by atoms with Crippen molar-refractivity contribution in [2.75, 3.05) is 26.3 Å². The third kappa shape index (κ3) is 2.83. The zero-order valence-electron chi connectivity index (χ0n) is 12.0. The van der Waals surface area contributed by atoms with Crippen molar-refractivity contribution in [2.45, 2.75) is 13.5 Å². The second kappa shape index (κ2) is 5.69. The molecular weight excluding hydrogens is 268 g/mol. The molecule has 2 aromatic rings. The van der Waals surface area contributed by atoms with Crippen LogP contribution in [0.5, 0.6) is 0 Å². The average molecular weight is 286 g/mol. The lowest BCUT2D eigenvalue weighted by atomic mass is 10.1. The van der Waals surface area contributed by atoms with E-state index in [2.05, 4.69) is 0 Å². The molecule has 5 nitrogen and oxygen atoms in total. The van der Waals surface area contributed by atoms with E-state index >= 15 is 0 Å². The van der Waals surface area contributed by atoms with E-state index < -0.39 is 0 Å². The Balaban J connectivity index is 1.92. The van der Waals surface area contributed by atoms with Crippen molar-refractivity contribution in [3.8, 4) is 0 Å². The summed E-state index contributed by atoms with van der Waals surface area (Å²) in [6.07, 6.45) is 1.69. The van der Waals surface area contributed by atoms with Crippen LogP contribution in [0.1, 0.15) is 5.56 Å². The van der Waals surface area contributed by atoms with Crippen molar-refractivity contribution >= 4 is 16.8 Å². The van der Waals surface area contributed by atoms with Crippen LogP contribution in [0, 0.1) is 6.92 Å². The van der Waals surface area contributed by atoms with Gasteiger partial charge in [0.2, 0.25) is 5.91 Å². The second-order valence-electron chi connectivity index (χ2n) is 5.32. The van der Waals surface area contributed by atoms with E-state index in [1.165, 1.54) is 6.07 Å². The number of hydrogen-bond acceptors (Lipinski definition) is 3. The van der Waals surface area contributed by atoms with E-state index in [9.17, 15) is 9.59 Å². The molecule has 0 atom stereocenters. The van der Waals surface area contributed by atoms with Crippen LogP contribution in [0.15, 0.2) is 35.3 Å². The highest BCUT2D eigenvalue weighted by Crippen LogP contribution is 2.13. The average Bonchev–Trinajstić information content (AvgIpc) is 2.51. The SMILES string of the molecule is Cc1ccc2c(c1)c(=O)ccn2CC(=O)N1CCOCC1. The number of benzene rings is 1. The molecule has 1 aromatic heterocycles. The van der Waals surface area contributed by atoms with Crippen molar-refractivity contribution in [3.05, 3.63) is 46.2 Å². The minimum Gasteiger partial charge on any atom is -0.378 e. The van der Waals surface area contributed by atoms with Gasteiger partial charge in [-0.15, -0.1) is 0 Å². The Bertz CT molecular complexity index is 730. The number of fused-ring (bicyclic) bond motifs is 1. The molecule has 1 aromatic carbocycles. The molecule has 0 unspecified atom stereocenters. The first-order valence-electron chi connectivity index (χ1n) is 7.10. The lowest BCUT2D eigenvalue weighted by Gasteiger charge is -2.27. The van der Waals surface area contributed by atoms with Crippen molar-refractivity contribution in [1.29, 1.82) is 0 Å². The molecular formula is C16H18N2O3. The van der Waals surface area contributed by atoms with Crippen LogP contribution in [0.2, 0.25) is 0 Å². The summed E-state index contributed by atoms with van der Waals surface area (Å²) >= 11 is 0. The van der Waals surface area contributed by atoms with Crippen LogP contribution < -0.4 is 5.43 Å². The summed E-state index contributed by atoms with van der Waals surface area (Å²) < 4.78 is 7.10. The smallest absolute Gasteiger partial charge is 0.242 e. The maximum absolute atomic E-state index is 12.3. The van der Waals surface area contributed by atoms with Gasteiger partial charge in [-0.3, -0.25) is 9.59 Å². The number of rotatable bonds is 2. The van der Waals surface area contributed by atoms with Gasteiger partial charge in [0.1, 0.15) is 6.54 Å². The van der Waals surface area contributed by atoms with Gasteiger partial charge in [0.15, 0.2) is 5.43 Å². The lowest BCUT2D eigenvalue weighted by Crippen LogP contribution is -2.42. The Morgan fingerprint density at radius 2 is 2.00 bits per heavy atom. The van der Waals surface area contributed by atoms with Gasteiger partial charge in [-0.05, 0) is 19.1 Å². The fourth-order valence-corrected chi connectivity index (χ4v) is 2.62. The first-order valence-corrected chi connectivity index (χ1v) is 7.10. The minimum atomic E-state index is -0.0104. The topological polar surface area (TPSA) is 51.5 Å². The van der Waals surface area contributed by atoms with Crippen molar-refractivity contribution in [3.63, 3.8) is 0 Å². The largest absolute Gasteiger partial charge is 0.378 e. The fraction of sp³-hybridized carbons (Fsp3) is 0.375. The number of carbonyl (C=O) groups excluding carboxylic acids is 1. The Hall–Kier alpha value is -2.14. The zero-order valence-corrected chi connectivity index (χ0v) is 12.0. The number of hydrogen-bond donors (Lipinski definition) is 0. The van der Waals surface area contributed by atoms with E-state index in [0.29, 0.717) is 31.7 Å². The number of carbonyl (C=O) groups is 1. The molecule has 1 aliphatic rings. The number of morpholine rings is 1. The number of nitrogens with zero attached hydrogens (tertiary/aromatic N) is 2.